The van der Waals surface area contributed by atoms with Crippen LogP contribution in [0.3, 0.4) is 0 Å². The maximum atomic E-state index is 11.2. The second-order valence-corrected chi connectivity index (χ2v) is 2.80. The summed E-state index contributed by atoms with van der Waals surface area (Å²) in [7, 11) is 1.79. The minimum Gasteiger partial charge on any atom is -0.372 e. The summed E-state index contributed by atoms with van der Waals surface area (Å²) in [6, 6.07) is 5.23. The fraction of sp³-hybridized carbons (Fsp3) is 0. The quantitative estimate of drug-likeness (QED) is 0.508. The standard InChI is InChI=1S/C8H6BNO3/c9-4-2-1-3-5-6(4)7(11)13-8(12)10-5/h1-3H,9H2,(H,10,12). The molecule has 0 bridgehead atoms. The van der Waals surface area contributed by atoms with Crippen LogP contribution < -0.4 is 16.8 Å². The Hall–Kier alpha value is -1.78. The molecule has 1 heterocycles. The Labute approximate surface area is 73.6 Å². The SMILES string of the molecule is Bc1cccc2[nH]c(=O)oc(=O)c12. The number of benzene rings is 1. The first-order chi connectivity index (χ1) is 6.18. The Kier molecular flexibility index (Phi) is 1.58. The van der Waals surface area contributed by atoms with Crippen LogP contribution in [0.15, 0.2) is 32.2 Å². The largest absolute Gasteiger partial charge is 0.419 e. The highest BCUT2D eigenvalue weighted by atomic mass is 16.4. The third-order valence-electron chi connectivity index (χ3n) is 1.90. The van der Waals surface area contributed by atoms with Crippen LogP contribution >= 0.6 is 0 Å². The lowest BCUT2D eigenvalue weighted by Gasteiger charge is -1.97. The van der Waals surface area contributed by atoms with E-state index in [1.807, 2.05) is 0 Å². The van der Waals surface area contributed by atoms with Crippen LogP contribution in [0.5, 0.6) is 0 Å². The Balaban J connectivity index is 3.12. The highest BCUT2D eigenvalue weighted by molar-refractivity contribution is 6.38. The van der Waals surface area contributed by atoms with Gasteiger partial charge in [0.15, 0.2) is 0 Å². The molecule has 0 atom stereocenters. The van der Waals surface area contributed by atoms with Crippen molar-refractivity contribution in [3.63, 3.8) is 0 Å². The normalized spacial score (nSPS) is 10.5. The van der Waals surface area contributed by atoms with Gasteiger partial charge in [0.25, 0.3) is 0 Å². The number of fused-ring (bicyclic) bond motifs is 1. The maximum Gasteiger partial charge on any atom is 0.419 e. The number of hydrogen-bond acceptors (Lipinski definition) is 3. The highest BCUT2D eigenvalue weighted by Gasteiger charge is 2.03. The maximum absolute atomic E-state index is 11.2. The molecular weight excluding hydrogens is 169 g/mol. The molecule has 0 aliphatic carbocycles. The van der Waals surface area contributed by atoms with Gasteiger partial charge in [-0.3, -0.25) is 4.98 Å². The van der Waals surface area contributed by atoms with Crippen LogP contribution in [0.25, 0.3) is 10.9 Å². The molecule has 0 aliphatic rings. The van der Waals surface area contributed by atoms with Gasteiger partial charge < -0.3 is 4.42 Å². The fourth-order valence-electron chi connectivity index (χ4n) is 1.31. The molecule has 0 spiro atoms. The first-order valence-corrected chi connectivity index (χ1v) is 3.81. The molecule has 0 amide bonds. The average molecular weight is 175 g/mol. The predicted octanol–water partition coefficient (Wildman–Crippen LogP) is -1.26. The molecule has 1 aromatic carbocycles. The van der Waals surface area contributed by atoms with E-state index in [4.69, 9.17) is 0 Å². The Morgan fingerprint density at radius 2 is 2.08 bits per heavy atom. The van der Waals surface area contributed by atoms with Crippen molar-refractivity contribution in [1.29, 1.82) is 0 Å². The van der Waals surface area contributed by atoms with E-state index < -0.39 is 11.4 Å². The van der Waals surface area contributed by atoms with Crippen LogP contribution in [-0.4, -0.2) is 12.8 Å². The zero-order valence-electron chi connectivity index (χ0n) is 6.96. The van der Waals surface area contributed by atoms with E-state index in [2.05, 4.69) is 9.40 Å². The van der Waals surface area contributed by atoms with Gasteiger partial charge in [-0.05, 0) is 6.07 Å². The van der Waals surface area contributed by atoms with Gasteiger partial charge in [0.2, 0.25) is 0 Å². The minimum atomic E-state index is -0.719. The van der Waals surface area contributed by atoms with Crippen LogP contribution in [0.4, 0.5) is 0 Å². The topological polar surface area (TPSA) is 63.1 Å². The molecule has 64 valence electrons. The highest BCUT2D eigenvalue weighted by Crippen LogP contribution is 1.99. The van der Waals surface area contributed by atoms with Crippen molar-refractivity contribution in [3.8, 4) is 0 Å². The van der Waals surface area contributed by atoms with Gasteiger partial charge in [-0.1, -0.05) is 17.6 Å². The van der Waals surface area contributed by atoms with Crippen molar-refractivity contribution >= 4 is 24.2 Å². The zero-order valence-corrected chi connectivity index (χ0v) is 6.96. The summed E-state index contributed by atoms with van der Waals surface area (Å²) in [4.78, 5) is 24.5. The number of H-pyrrole nitrogens is 1. The molecule has 1 N–H and O–H groups in total. The zero-order chi connectivity index (χ0) is 9.42. The Bertz CT molecular complexity index is 569. The first-order valence-electron chi connectivity index (χ1n) is 3.81. The molecule has 0 unspecified atom stereocenters. The lowest BCUT2D eigenvalue weighted by atomic mass is 9.93. The number of aromatic amines is 1. The van der Waals surface area contributed by atoms with Gasteiger partial charge in [-0.25, -0.2) is 9.59 Å². The van der Waals surface area contributed by atoms with Crippen LogP contribution in [0, 0.1) is 0 Å². The van der Waals surface area contributed by atoms with Crippen molar-refractivity contribution in [2.45, 2.75) is 0 Å². The molecular formula is C8H6BNO3. The van der Waals surface area contributed by atoms with Gasteiger partial charge in [-0.15, -0.1) is 0 Å². The average Bonchev–Trinajstić information content (AvgIpc) is 2.02. The molecule has 0 aliphatic heterocycles. The Morgan fingerprint density at radius 3 is 2.85 bits per heavy atom. The summed E-state index contributed by atoms with van der Waals surface area (Å²) in [5, 5.41) is 0.433. The number of hydrogen-bond donors (Lipinski definition) is 1. The van der Waals surface area contributed by atoms with Crippen LogP contribution in [-0.2, 0) is 0 Å². The van der Waals surface area contributed by atoms with E-state index in [0.717, 1.165) is 5.46 Å². The second-order valence-electron chi connectivity index (χ2n) is 2.80. The smallest absolute Gasteiger partial charge is 0.372 e. The van der Waals surface area contributed by atoms with Gasteiger partial charge in [-0.2, -0.15) is 0 Å². The third-order valence-corrected chi connectivity index (χ3v) is 1.90. The van der Waals surface area contributed by atoms with E-state index in [-0.39, 0.29) is 0 Å². The van der Waals surface area contributed by atoms with E-state index in [9.17, 15) is 9.59 Å². The molecule has 1 aromatic heterocycles. The summed E-state index contributed by atoms with van der Waals surface area (Å²) < 4.78 is 4.40. The van der Waals surface area contributed by atoms with Crippen molar-refractivity contribution in [2.24, 2.45) is 0 Å². The summed E-state index contributed by atoms with van der Waals surface area (Å²) in [6.07, 6.45) is 0. The van der Waals surface area contributed by atoms with Gasteiger partial charge >= 0.3 is 11.4 Å². The molecule has 2 rings (SSSR count). The van der Waals surface area contributed by atoms with Crippen molar-refractivity contribution in [1.82, 2.24) is 4.98 Å². The van der Waals surface area contributed by atoms with E-state index in [0.29, 0.717) is 10.9 Å². The summed E-state index contributed by atoms with van der Waals surface area (Å²) in [5.74, 6) is -0.719. The van der Waals surface area contributed by atoms with Crippen LogP contribution in [0.2, 0.25) is 0 Å². The molecule has 13 heavy (non-hydrogen) atoms. The van der Waals surface area contributed by atoms with Crippen molar-refractivity contribution in [2.75, 3.05) is 0 Å². The van der Waals surface area contributed by atoms with Crippen molar-refractivity contribution < 1.29 is 4.42 Å². The first kappa shape index (κ1) is 7.85. The summed E-state index contributed by atoms with van der Waals surface area (Å²) >= 11 is 0. The molecule has 0 saturated carbocycles. The van der Waals surface area contributed by atoms with E-state index in [1.54, 1.807) is 26.0 Å². The molecule has 0 fully saturated rings. The molecule has 4 nitrogen and oxygen atoms in total. The van der Waals surface area contributed by atoms with Gasteiger partial charge in [0, 0.05) is 0 Å². The minimum absolute atomic E-state index is 0.433. The van der Waals surface area contributed by atoms with Crippen molar-refractivity contribution in [3.05, 3.63) is 39.2 Å². The molecule has 0 saturated heterocycles. The van der Waals surface area contributed by atoms with Gasteiger partial charge in [0.1, 0.15) is 7.85 Å². The molecule has 5 heteroatoms. The lowest BCUT2D eigenvalue weighted by Crippen LogP contribution is -2.20. The summed E-state index contributed by atoms with van der Waals surface area (Å²) in [5.41, 5.74) is 0.723. The monoisotopic (exact) mass is 175 g/mol. The lowest BCUT2D eigenvalue weighted by molar-refractivity contribution is 0.460. The van der Waals surface area contributed by atoms with Gasteiger partial charge in [0.05, 0.1) is 10.9 Å². The third kappa shape index (κ3) is 1.18. The Morgan fingerprint density at radius 1 is 1.31 bits per heavy atom. The second kappa shape index (κ2) is 2.62. The number of nitrogens with one attached hydrogen (secondary N) is 1. The number of rotatable bonds is 0. The predicted molar refractivity (Wildman–Crippen MR) is 51.3 cm³/mol. The van der Waals surface area contributed by atoms with E-state index in [1.165, 1.54) is 0 Å². The van der Waals surface area contributed by atoms with Crippen LogP contribution in [0.1, 0.15) is 0 Å². The van der Waals surface area contributed by atoms with E-state index >= 15 is 0 Å². The molecule has 2 aromatic rings. The molecule has 0 radical (unpaired) electrons. The summed E-state index contributed by atoms with van der Waals surface area (Å²) in [6.45, 7) is 0. The fourth-order valence-corrected chi connectivity index (χ4v) is 1.31. The number of aromatic nitrogens is 1.